The minimum Gasteiger partial charge on any atom is -0.379 e. The van der Waals surface area contributed by atoms with Crippen LogP contribution in [0.5, 0.6) is 0 Å². The molecule has 1 aromatic heterocycles. The predicted molar refractivity (Wildman–Crippen MR) is 120 cm³/mol. The number of carbonyl (C=O) groups is 1. The second-order valence-corrected chi connectivity index (χ2v) is 8.85. The first-order valence-corrected chi connectivity index (χ1v) is 11.2. The number of amides is 1. The number of nitrogens with zero attached hydrogens (tertiary/aromatic N) is 3. The van der Waals surface area contributed by atoms with Gasteiger partial charge in [0, 0.05) is 31.2 Å². The molecular weight excluding hydrogens is 448 g/mol. The largest absolute Gasteiger partial charge is 0.379 e. The molecule has 0 bridgehead atoms. The predicted octanol–water partition coefficient (Wildman–Crippen LogP) is 5.11. The Kier molecular flexibility index (Phi) is 6.85. The van der Waals surface area contributed by atoms with Crippen LogP contribution in [0.3, 0.4) is 0 Å². The van der Waals surface area contributed by atoms with Crippen molar-refractivity contribution >= 4 is 55.8 Å². The number of hydrogen-bond donors (Lipinski definition) is 0. The van der Waals surface area contributed by atoms with E-state index in [0.29, 0.717) is 32.5 Å². The van der Waals surface area contributed by atoms with Gasteiger partial charge in [0.2, 0.25) is 0 Å². The maximum absolute atomic E-state index is 13.6. The summed E-state index contributed by atoms with van der Waals surface area (Å²) in [4.78, 5) is 21.9. The summed E-state index contributed by atoms with van der Waals surface area (Å²) in [5.41, 5.74) is 1.02. The van der Waals surface area contributed by atoms with Crippen LogP contribution in [-0.2, 0) is 4.74 Å². The second kappa shape index (κ2) is 9.58. The van der Waals surface area contributed by atoms with Crippen LogP contribution in [0.2, 0.25) is 10.0 Å². The molecule has 0 atom stereocenters. The number of benzene rings is 2. The zero-order valence-corrected chi connectivity index (χ0v) is 18.4. The Balaban J connectivity index is 1.59. The second-order valence-electron chi connectivity index (χ2n) is 7.00. The third-order valence-corrected chi connectivity index (χ3v) is 6.53. The van der Waals surface area contributed by atoms with Crippen molar-refractivity contribution in [1.29, 1.82) is 0 Å². The molecule has 2 aromatic carbocycles. The highest BCUT2D eigenvalue weighted by atomic mass is 35.5. The molecule has 30 heavy (non-hydrogen) atoms. The average Bonchev–Trinajstić information content (AvgIpc) is 3.14. The molecule has 158 valence electrons. The molecule has 1 fully saturated rings. The number of carbonyl (C=O) groups excluding carboxylic acids is 1. The Labute approximate surface area is 188 Å². The smallest absolute Gasteiger partial charge is 0.261 e. The van der Waals surface area contributed by atoms with Gasteiger partial charge < -0.3 is 4.74 Å². The highest BCUT2D eigenvalue weighted by Crippen LogP contribution is 2.32. The highest BCUT2D eigenvalue weighted by molar-refractivity contribution is 7.22. The fourth-order valence-electron chi connectivity index (χ4n) is 3.37. The number of morpholine rings is 1. The first-order valence-electron chi connectivity index (χ1n) is 9.64. The Morgan fingerprint density at radius 3 is 2.77 bits per heavy atom. The third-order valence-electron chi connectivity index (χ3n) is 4.94. The van der Waals surface area contributed by atoms with Gasteiger partial charge in [-0.2, -0.15) is 0 Å². The van der Waals surface area contributed by atoms with Crippen molar-refractivity contribution in [1.82, 2.24) is 9.88 Å². The first kappa shape index (κ1) is 21.5. The van der Waals surface area contributed by atoms with E-state index in [4.69, 9.17) is 27.9 Å². The van der Waals surface area contributed by atoms with Gasteiger partial charge >= 0.3 is 0 Å². The number of hydrogen-bond acceptors (Lipinski definition) is 5. The van der Waals surface area contributed by atoms with E-state index in [9.17, 15) is 9.18 Å². The number of ether oxygens (including phenoxy) is 1. The molecule has 1 amide bonds. The summed E-state index contributed by atoms with van der Waals surface area (Å²) in [5, 5.41) is 1.28. The number of anilines is 1. The number of thiazole rings is 1. The van der Waals surface area contributed by atoms with Crippen molar-refractivity contribution in [3.63, 3.8) is 0 Å². The van der Waals surface area contributed by atoms with Crippen LogP contribution in [0.15, 0.2) is 36.4 Å². The summed E-state index contributed by atoms with van der Waals surface area (Å²) in [6, 6.07) is 9.23. The molecule has 4 rings (SSSR count). The quantitative estimate of drug-likeness (QED) is 0.505. The van der Waals surface area contributed by atoms with Crippen LogP contribution in [0.25, 0.3) is 10.2 Å². The molecule has 0 radical (unpaired) electrons. The summed E-state index contributed by atoms with van der Waals surface area (Å²) < 4.78 is 19.7. The zero-order valence-electron chi connectivity index (χ0n) is 16.1. The van der Waals surface area contributed by atoms with E-state index in [2.05, 4.69) is 9.88 Å². The van der Waals surface area contributed by atoms with Crippen LogP contribution >= 0.6 is 34.5 Å². The number of halogens is 3. The third kappa shape index (κ3) is 4.92. The maximum Gasteiger partial charge on any atom is 0.261 e. The van der Waals surface area contributed by atoms with Gasteiger partial charge in [-0.15, -0.1) is 0 Å². The van der Waals surface area contributed by atoms with Crippen molar-refractivity contribution in [2.75, 3.05) is 44.3 Å². The number of aromatic nitrogens is 1. The fourth-order valence-corrected chi connectivity index (χ4v) is 4.88. The van der Waals surface area contributed by atoms with Gasteiger partial charge in [0.1, 0.15) is 5.82 Å². The molecule has 2 heterocycles. The molecule has 1 saturated heterocycles. The molecule has 0 N–H and O–H groups in total. The highest BCUT2D eigenvalue weighted by Gasteiger charge is 2.24. The topological polar surface area (TPSA) is 45.7 Å². The van der Waals surface area contributed by atoms with Gasteiger partial charge in [-0.25, -0.2) is 9.37 Å². The Hall–Kier alpha value is -1.77. The molecule has 5 nitrogen and oxygen atoms in total. The van der Waals surface area contributed by atoms with Gasteiger partial charge in [-0.05, 0) is 42.8 Å². The van der Waals surface area contributed by atoms with Crippen molar-refractivity contribution in [3.05, 3.63) is 57.8 Å². The Bertz CT molecular complexity index is 1060. The number of fused-ring (bicyclic) bond motifs is 1. The van der Waals surface area contributed by atoms with E-state index in [1.807, 2.05) is 0 Å². The van der Waals surface area contributed by atoms with Crippen molar-refractivity contribution in [2.24, 2.45) is 0 Å². The summed E-state index contributed by atoms with van der Waals surface area (Å²) in [6.07, 6.45) is 0.765. The normalized spacial score (nSPS) is 14.9. The summed E-state index contributed by atoms with van der Waals surface area (Å²) in [6.45, 7) is 4.55. The van der Waals surface area contributed by atoms with Crippen LogP contribution in [0.1, 0.15) is 16.8 Å². The van der Waals surface area contributed by atoms with Crippen LogP contribution in [0, 0.1) is 5.82 Å². The van der Waals surface area contributed by atoms with Gasteiger partial charge in [-0.1, -0.05) is 34.5 Å². The molecule has 3 aromatic rings. The summed E-state index contributed by atoms with van der Waals surface area (Å²) in [7, 11) is 0. The van der Waals surface area contributed by atoms with E-state index in [1.54, 1.807) is 29.2 Å². The molecule has 0 unspecified atom stereocenters. The van der Waals surface area contributed by atoms with Gasteiger partial charge in [0.25, 0.3) is 5.91 Å². The summed E-state index contributed by atoms with van der Waals surface area (Å²) in [5.74, 6) is -0.582. The minimum absolute atomic E-state index is 0.252. The lowest BCUT2D eigenvalue weighted by atomic mass is 10.2. The molecule has 0 spiro atoms. The van der Waals surface area contributed by atoms with E-state index in [0.717, 1.165) is 39.3 Å². The Morgan fingerprint density at radius 1 is 1.20 bits per heavy atom. The van der Waals surface area contributed by atoms with E-state index < -0.39 is 0 Å². The van der Waals surface area contributed by atoms with Crippen molar-refractivity contribution < 1.29 is 13.9 Å². The lowest BCUT2D eigenvalue weighted by Gasteiger charge is -2.27. The molecule has 0 saturated carbocycles. The molecule has 9 heteroatoms. The van der Waals surface area contributed by atoms with E-state index in [1.165, 1.54) is 23.5 Å². The summed E-state index contributed by atoms with van der Waals surface area (Å²) >= 11 is 13.6. The van der Waals surface area contributed by atoms with Crippen molar-refractivity contribution in [2.45, 2.75) is 6.42 Å². The Morgan fingerprint density at radius 2 is 2.00 bits per heavy atom. The molecule has 1 aliphatic rings. The van der Waals surface area contributed by atoms with Gasteiger partial charge in [0.05, 0.1) is 34.0 Å². The van der Waals surface area contributed by atoms with E-state index in [-0.39, 0.29) is 16.7 Å². The lowest BCUT2D eigenvalue weighted by molar-refractivity contribution is 0.0376. The fraction of sp³-hybridized carbons (Fsp3) is 0.333. The minimum atomic E-state index is -0.330. The first-order chi connectivity index (χ1) is 14.5. The zero-order chi connectivity index (χ0) is 21.1. The number of rotatable bonds is 6. The van der Waals surface area contributed by atoms with Crippen LogP contribution in [-0.4, -0.2) is 55.2 Å². The molecule has 0 aliphatic carbocycles. The van der Waals surface area contributed by atoms with Crippen LogP contribution < -0.4 is 4.90 Å². The van der Waals surface area contributed by atoms with E-state index >= 15 is 0 Å². The standard InChI is InChI=1S/C21H20Cl2FN3O2S/c22-14-2-4-16(17(23)12-14)20(28)27(7-1-6-26-8-10-29-11-9-26)21-25-18-5-3-15(24)13-19(18)30-21/h2-5,12-13H,1,6-11H2. The maximum atomic E-state index is 13.6. The average molecular weight is 468 g/mol. The van der Waals surface area contributed by atoms with Crippen LogP contribution in [0.4, 0.5) is 9.52 Å². The monoisotopic (exact) mass is 467 g/mol. The SMILES string of the molecule is O=C(c1ccc(Cl)cc1Cl)N(CCCN1CCOCC1)c1nc2ccc(F)cc2s1. The lowest BCUT2D eigenvalue weighted by Crippen LogP contribution is -2.39. The van der Waals surface area contributed by atoms with Crippen molar-refractivity contribution in [3.8, 4) is 0 Å². The molecular formula is C21H20Cl2FN3O2S. The van der Waals surface area contributed by atoms with Gasteiger partial charge in [-0.3, -0.25) is 14.6 Å². The van der Waals surface area contributed by atoms with Gasteiger partial charge in [0.15, 0.2) is 5.13 Å². The molecule has 1 aliphatic heterocycles.